The molecule has 44 heavy (non-hydrogen) atoms. The van der Waals surface area contributed by atoms with Crippen LogP contribution in [0.2, 0.25) is 0 Å². The Balaban J connectivity index is 1.76. The SMILES string of the molecule is N=C(N)NCCCCC1N[C@@]1(Cc1ccc(O)cc1)C(=O)N[C@@H](Cc1ccc(O)cc1)C(=O)N[C@H]([C]=O)CCCNC(=N)N. The molecule has 1 fully saturated rings. The molecule has 0 spiro atoms. The molecule has 1 aliphatic heterocycles. The molecule has 13 N–H and O–H groups in total. The minimum atomic E-state index is -1.04. The van der Waals surface area contributed by atoms with Gasteiger partial charge in [-0.25, -0.2) is 0 Å². The zero-order valence-corrected chi connectivity index (χ0v) is 24.5. The van der Waals surface area contributed by atoms with Gasteiger partial charge in [-0.2, -0.15) is 0 Å². The van der Waals surface area contributed by atoms with Gasteiger partial charge in [-0.3, -0.25) is 30.5 Å². The number of benzene rings is 2. The molecule has 2 aromatic carbocycles. The number of aromatic hydroxyl groups is 2. The van der Waals surface area contributed by atoms with Crippen molar-refractivity contribution in [1.82, 2.24) is 26.6 Å². The number of hydrogen-bond donors (Lipinski definition) is 11. The van der Waals surface area contributed by atoms with Crippen molar-refractivity contribution in [2.75, 3.05) is 13.1 Å². The maximum Gasteiger partial charge on any atom is 0.243 e. The lowest BCUT2D eigenvalue weighted by molar-refractivity contribution is -0.130. The fraction of sp³-hybridized carbons (Fsp3) is 0.433. The summed E-state index contributed by atoms with van der Waals surface area (Å²) in [5.74, 6) is -1.08. The quantitative estimate of drug-likeness (QED) is 0.0451. The van der Waals surface area contributed by atoms with Crippen LogP contribution in [0.25, 0.3) is 0 Å². The van der Waals surface area contributed by atoms with Gasteiger partial charge in [0, 0.05) is 32.0 Å². The van der Waals surface area contributed by atoms with Crippen LogP contribution in [-0.4, -0.2) is 77.0 Å². The highest BCUT2D eigenvalue weighted by Gasteiger charge is 2.59. The van der Waals surface area contributed by atoms with Crippen LogP contribution in [0, 0.1) is 10.8 Å². The maximum absolute atomic E-state index is 14.0. The van der Waals surface area contributed by atoms with Crippen LogP contribution in [0.1, 0.15) is 43.2 Å². The molecular formula is C30H42N9O5. The number of phenols is 2. The van der Waals surface area contributed by atoms with E-state index in [2.05, 4.69) is 26.6 Å². The summed E-state index contributed by atoms with van der Waals surface area (Å²) in [6.45, 7) is 0.878. The standard InChI is InChI=1S/C30H42N9O5/c31-28(32)35-14-2-1-5-25-30(39-25,17-20-8-12-23(42)13-9-20)27(44)38-24(16-19-6-10-22(41)11-7-19)26(43)37-21(18-40)4-3-15-36-29(33)34/h6-13,21,24-25,39,41-42H,1-5,14-17H2,(H,37,43)(H,38,44)(H4,31,32,35)(H4,33,34,36)/t21-,24-,25?,30+/m0/s1. The van der Waals surface area contributed by atoms with Gasteiger partial charge in [0.1, 0.15) is 23.1 Å². The predicted molar refractivity (Wildman–Crippen MR) is 166 cm³/mol. The minimum absolute atomic E-state index is 0.0601. The monoisotopic (exact) mass is 608 g/mol. The summed E-state index contributed by atoms with van der Waals surface area (Å²) in [6, 6.07) is 10.7. The van der Waals surface area contributed by atoms with E-state index in [0.29, 0.717) is 37.9 Å². The Morgan fingerprint density at radius 3 is 2.02 bits per heavy atom. The van der Waals surface area contributed by atoms with Crippen molar-refractivity contribution in [2.24, 2.45) is 11.5 Å². The van der Waals surface area contributed by atoms with Gasteiger partial charge in [0.2, 0.25) is 18.1 Å². The van der Waals surface area contributed by atoms with Gasteiger partial charge in [-0.05, 0) is 61.1 Å². The van der Waals surface area contributed by atoms with Crippen LogP contribution >= 0.6 is 0 Å². The third kappa shape index (κ3) is 10.5. The van der Waals surface area contributed by atoms with E-state index in [1.807, 2.05) is 6.29 Å². The van der Waals surface area contributed by atoms with Crippen molar-refractivity contribution in [3.8, 4) is 11.5 Å². The van der Waals surface area contributed by atoms with Crippen molar-refractivity contribution in [1.29, 1.82) is 10.8 Å². The largest absolute Gasteiger partial charge is 0.508 e. The first-order chi connectivity index (χ1) is 21.0. The zero-order chi connectivity index (χ0) is 32.1. The van der Waals surface area contributed by atoms with Gasteiger partial charge in [0.15, 0.2) is 11.9 Å². The Kier molecular flexibility index (Phi) is 12.3. The second-order valence-corrected chi connectivity index (χ2v) is 10.9. The Bertz CT molecular complexity index is 1290. The molecule has 237 valence electrons. The molecule has 0 bridgehead atoms. The number of guanidine groups is 2. The Morgan fingerprint density at radius 1 is 0.886 bits per heavy atom. The highest BCUT2D eigenvalue weighted by atomic mass is 16.3. The number of carbonyl (C=O) groups is 2. The molecule has 0 aliphatic carbocycles. The number of rotatable bonds is 18. The van der Waals surface area contributed by atoms with E-state index in [-0.39, 0.29) is 48.2 Å². The van der Waals surface area contributed by atoms with Gasteiger partial charge in [0.25, 0.3) is 0 Å². The van der Waals surface area contributed by atoms with E-state index >= 15 is 0 Å². The van der Waals surface area contributed by atoms with E-state index in [0.717, 1.165) is 18.4 Å². The molecule has 3 rings (SSSR count). The molecule has 1 radical (unpaired) electrons. The topological polar surface area (TPSA) is 261 Å². The smallest absolute Gasteiger partial charge is 0.243 e. The number of hydrogen-bond acceptors (Lipinski definition) is 8. The summed E-state index contributed by atoms with van der Waals surface area (Å²) in [5, 5.41) is 48.3. The lowest BCUT2D eigenvalue weighted by Gasteiger charge is -2.24. The lowest BCUT2D eigenvalue weighted by Crippen LogP contribution is -2.55. The average Bonchev–Trinajstić information content (AvgIpc) is 3.69. The van der Waals surface area contributed by atoms with E-state index < -0.39 is 23.5 Å². The molecule has 1 aliphatic rings. The van der Waals surface area contributed by atoms with Gasteiger partial charge < -0.3 is 42.9 Å². The van der Waals surface area contributed by atoms with E-state index in [1.54, 1.807) is 36.4 Å². The molecule has 4 atom stereocenters. The summed E-state index contributed by atoms with van der Waals surface area (Å²) in [7, 11) is 0. The zero-order valence-electron chi connectivity index (χ0n) is 24.5. The number of nitrogens with two attached hydrogens (primary N) is 2. The summed E-state index contributed by atoms with van der Waals surface area (Å²) in [4.78, 5) is 39.1. The number of amides is 2. The first-order valence-electron chi connectivity index (χ1n) is 14.5. The average molecular weight is 609 g/mol. The number of nitrogens with one attached hydrogen (secondary N) is 7. The lowest BCUT2D eigenvalue weighted by atomic mass is 9.91. The van der Waals surface area contributed by atoms with Crippen molar-refractivity contribution in [3.05, 3.63) is 59.7 Å². The van der Waals surface area contributed by atoms with Gasteiger partial charge in [0.05, 0.1) is 6.04 Å². The fourth-order valence-electron chi connectivity index (χ4n) is 5.02. The fourth-order valence-corrected chi connectivity index (χ4v) is 5.02. The molecular weight excluding hydrogens is 566 g/mol. The Hall–Kier alpha value is -4.85. The molecule has 14 nitrogen and oxygen atoms in total. The first kappa shape index (κ1) is 33.6. The van der Waals surface area contributed by atoms with Crippen LogP contribution in [0.4, 0.5) is 0 Å². The van der Waals surface area contributed by atoms with Gasteiger partial charge in [-0.1, -0.05) is 30.7 Å². The maximum atomic E-state index is 14.0. The van der Waals surface area contributed by atoms with Crippen LogP contribution in [0.3, 0.4) is 0 Å². The Labute approximate surface area is 256 Å². The summed E-state index contributed by atoms with van der Waals surface area (Å²) < 4.78 is 0. The molecule has 14 heteroatoms. The van der Waals surface area contributed by atoms with E-state index in [9.17, 15) is 24.6 Å². The summed E-state index contributed by atoms with van der Waals surface area (Å²) in [6.07, 6.45) is 5.11. The second kappa shape index (κ2) is 16.1. The highest BCUT2D eigenvalue weighted by molar-refractivity contribution is 5.96. The van der Waals surface area contributed by atoms with E-state index in [1.165, 1.54) is 12.1 Å². The van der Waals surface area contributed by atoms with E-state index in [4.69, 9.17) is 22.3 Å². The molecule has 0 saturated carbocycles. The number of carbonyl (C=O) groups excluding carboxylic acids is 3. The van der Waals surface area contributed by atoms with Gasteiger partial charge >= 0.3 is 0 Å². The predicted octanol–water partition coefficient (Wildman–Crippen LogP) is -0.410. The number of phenolic OH excluding ortho intramolecular Hbond substituents is 2. The van der Waals surface area contributed by atoms with Crippen molar-refractivity contribution >= 4 is 30.0 Å². The van der Waals surface area contributed by atoms with Crippen LogP contribution < -0.4 is 38.1 Å². The number of unbranched alkanes of at least 4 members (excludes halogenated alkanes) is 1. The second-order valence-electron chi connectivity index (χ2n) is 10.9. The minimum Gasteiger partial charge on any atom is -0.508 e. The van der Waals surface area contributed by atoms with Crippen molar-refractivity contribution in [3.63, 3.8) is 0 Å². The Morgan fingerprint density at radius 2 is 1.45 bits per heavy atom. The van der Waals surface area contributed by atoms with Crippen molar-refractivity contribution < 1.29 is 24.6 Å². The molecule has 1 unspecified atom stereocenters. The molecule has 1 saturated heterocycles. The van der Waals surface area contributed by atoms with Crippen LogP contribution in [-0.2, 0) is 27.2 Å². The molecule has 0 aromatic heterocycles. The van der Waals surface area contributed by atoms with Crippen LogP contribution in [0.5, 0.6) is 11.5 Å². The molecule has 1 heterocycles. The highest BCUT2D eigenvalue weighted by Crippen LogP contribution is 2.35. The third-order valence-electron chi connectivity index (χ3n) is 7.44. The normalized spacial score (nSPS) is 18.3. The van der Waals surface area contributed by atoms with Gasteiger partial charge in [-0.15, -0.1) is 0 Å². The van der Waals surface area contributed by atoms with Crippen LogP contribution in [0.15, 0.2) is 48.5 Å². The summed E-state index contributed by atoms with van der Waals surface area (Å²) in [5.41, 5.74) is 11.1. The first-order valence-corrected chi connectivity index (χ1v) is 14.5. The summed E-state index contributed by atoms with van der Waals surface area (Å²) >= 11 is 0. The molecule has 2 aromatic rings. The third-order valence-corrected chi connectivity index (χ3v) is 7.44. The molecule has 2 amide bonds. The van der Waals surface area contributed by atoms with Crippen molar-refractivity contribution in [2.45, 2.75) is 68.6 Å².